The third kappa shape index (κ3) is 3.62. The first-order chi connectivity index (χ1) is 11.8. The van der Waals surface area contributed by atoms with Gasteiger partial charge >= 0.3 is 11.9 Å². The fourth-order valence-electron chi connectivity index (χ4n) is 2.65. The van der Waals surface area contributed by atoms with E-state index in [-0.39, 0.29) is 18.7 Å². The van der Waals surface area contributed by atoms with Gasteiger partial charge < -0.3 is 14.0 Å². The molecule has 0 radical (unpaired) electrons. The van der Waals surface area contributed by atoms with E-state index in [9.17, 15) is 14.4 Å². The maximum absolute atomic E-state index is 12.6. The first-order valence-corrected chi connectivity index (χ1v) is 8.98. The molecule has 1 saturated heterocycles. The second kappa shape index (κ2) is 6.65. The molecule has 1 aliphatic rings. The Morgan fingerprint density at radius 1 is 1.24 bits per heavy atom. The highest BCUT2D eigenvalue weighted by Gasteiger charge is 2.42. The minimum atomic E-state index is -1.25. The van der Waals surface area contributed by atoms with Crippen LogP contribution < -0.4 is 0 Å². The minimum Gasteiger partial charge on any atom is -0.422 e. The number of rotatable bonds is 5. The molecule has 3 rings (SSSR count). The van der Waals surface area contributed by atoms with Crippen LogP contribution in [-0.2, 0) is 25.6 Å². The van der Waals surface area contributed by atoms with Gasteiger partial charge in [0.2, 0.25) is 5.78 Å². The number of hydrogen-bond acceptors (Lipinski definition) is 6. The van der Waals surface area contributed by atoms with Crippen LogP contribution in [0.5, 0.6) is 0 Å². The number of cyclic esters (lactones) is 2. The van der Waals surface area contributed by atoms with Crippen LogP contribution in [0.15, 0.2) is 29.0 Å². The van der Waals surface area contributed by atoms with Crippen LogP contribution >= 0.6 is 22.9 Å². The molecule has 0 spiro atoms. The average molecular weight is 382 g/mol. The zero-order chi connectivity index (χ0) is 18.2. The number of hydrogen-bond donors (Lipinski definition) is 0. The molecule has 1 aliphatic heterocycles. The second-order valence-electron chi connectivity index (χ2n) is 6.12. The standard InChI is InChI=1S/C17H16ClNO5S/c1-17(2)23-15(21)11(16(22)24-17)5-7-19-12(3-4-13(19)18)14(20)10-6-8-25-9-10/h3-4,6,8-9,11H,5,7H2,1-2H3. The van der Waals surface area contributed by atoms with Crippen LogP contribution in [0.4, 0.5) is 0 Å². The zero-order valence-corrected chi connectivity index (χ0v) is 15.2. The number of thiophene rings is 1. The molecule has 0 atom stereocenters. The van der Waals surface area contributed by atoms with Crippen molar-refractivity contribution in [2.45, 2.75) is 32.6 Å². The van der Waals surface area contributed by atoms with E-state index in [1.54, 1.807) is 28.1 Å². The Kier molecular flexibility index (Phi) is 4.71. The van der Waals surface area contributed by atoms with Gasteiger partial charge in [-0.2, -0.15) is 11.3 Å². The smallest absolute Gasteiger partial charge is 0.323 e. The largest absolute Gasteiger partial charge is 0.422 e. The summed E-state index contributed by atoms with van der Waals surface area (Å²) in [5, 5.41) is 3.93. The van der Waals surface area contributed by atoms with Gasteiger partial charge in [0.25, 0.3) is 5.79 Å². The van der Waals surface area contributed by atoms with Crippen molar-refractivity contribution in [2.24, 2.45) is 5.92 Å². The quantitative estimate of drug-likeness (QED) is 0.451. The van der Waals surface area contributed by atoms with Crippen LogP contribution in [-0.4, -0.2) is 28.1 Å². The van der Waals surface area contributed by atoms with Crippen LogP contribution in [0.3, 0.4) is 0 Å². The second-order valence-corrected chi connectivity index (χ2v) is 7.28. The molecule has 0 N–H and O–H groups in total. The predicted molar refractivity (Wildman–Crippen MR) is 91.6 cm³/mol. The molecule has 2 aromatic heterocycles. The average Bonchev–Trinajstić information content (AvgIpc) is 3.15. The van der Waals surface area contributed by atoms with E-state index in [1.807, 2.05) is 5.38 Å². The summed E-state index contributed by atoms with van der Waals surface area (Å²) in [5.41, 5.74) is 0.973. The van der Waals surface area contributed by atoms with Gasteiger partial charge in [-0.25, -0.2) is 0 Å². The molecule has 1 fully saturated rings. The van der Waals surface area contributed by atoms with Gasteiger partial charge in [0.15, 0.2) is 5.92 Å². The Balaban J connectivity index is 1.76. The van der Waals surface area contributed by atoms with Gasteiger partial charge in [0.05, 0.1) is 5.69 Å². The summed E-state index contributed by atoms with van der Waals surface area (Å²) in [6.07, 6.45) is 0.131. The van der Waals surface area contributed by atoms with Crippen molar-refractivity contribution in [3.8, 4) is 0 Å². The molecule has 0 unspecified atom stereocenters. The van der Waals surface area contributed by atoms with Crippen molar-refractivity contribution in [3.63, 3.8) is 0 Å². The van der Waals surface area contributed by atoms with Gasteiger partial charge in [0, 0.05) is 31.3 Å². The Morgan fingerprint density at radius 3 is 2.52 bits per heavy atom. The van der Waals surface area contributed by atoms with E-state index in [2.05, 4.69) is 0 Å². The van der Waals surface area contributed by atoms with Gasteiger partial charge in [-0.15, -0.1) is 0 Å². The molecular formula is C17H16ClNO5S. The molecule has 0 aromatic carbocycles. The normalized spacial score (nSPS) is 17.2. The Morgan fingerprint density at radius 2 is 1.92 bits per heavy atom. The van der Waals surface area contributed by atoms with E-state index < -0.39 is 23.6 Å². The molecule has 0 aliphatic carbocycles. The summed E-state index contributed by atoms with van der Waals surface area (Å²) in [7, 11) is 0. The third-order valence-electron chi connectivity index (χ3n) is 3.85. The van der Waals surface area contributed by atoms with Gasteiger partial charge in [0.1, 0.15) is 5.15 Å². The lowest BCUT2D eigenvalue weighted by Crippen LogP contribution is -2.46. The summed E-state index contributed by atoms with van der Waals surface area (Å²) in [5.74, 6) is -3.71. The van der Waals surface area contributed by atoms with Crippen LogP contribution in [0.2, 0.25) is 5.15 Å². The molecule has 3 heterocycles. The number of halogens is 1. The SMILES string of the molecule is CC1(C)OC(=O)C(CCn2c(Cl)ccc2C(=O)c2ccsc2)C(=O)O1. The number of ketones is 1. The predicted octanol–water partition coefficient (Wildman–Crippen LogP) is 3.28. The van der Waals surface area contributed by atoms with E-state index >= 15 is 0 Å². The number of aromatic nitrogens is 1. The first-order valence-electron chi connectivity index (χ1n) is 7.66. The van der Waals surface area contributed by atoms with Crippen LogP contribution in [0.1, 0.15) is 36.3 Å². The van der Waals surface area contributed by atoms with Crippen molar-refractivity contribution in [3.05, 3.63) is 45.4 Å². The lowest BCUT2D eigenvalue weighted by atomic mass is 10.0. The van der Waals surface area contributed by atoms with Crippen LogP contribution in [0, 0.1) is 5.92 Å². The molecule has 25 heavy (non-hydrogen) atoms. The topological polar surface area (TPSA) is 74.6 Å². The van der Waals surface area contributed by atoms with Crippen molar-refractivity contribution in [1.29, 1.82) is 0 Å². The van der Waals surface area contributed by atoms with Crippen molar-refractivity contribution < 1.29 is 23.9 Å². The van der Waals surface area contributed by atoms with E-state index in [1.165, 1.54) is 25.2 Å². The van der Waals surface area contributed by atoms with Gasteiger partial charge in [-0.3, -0.25) is 14.4 Å². The zero-order valence-electron chi connectivity index (χ0n) is 13.7. The number of esters is 2. The highest BCUT2D eigenvalue weighted by atomic mass is 35.5. The Labute approximate surface area is 153 Å². The highest BCUT2D eigenvalue weighted by molar-refractivity contribution is 7.08. The minimum absolute atomic E-state index is 0.131. The number of nitrogens with zero attached hydrogens (tertiary/aromatic N) is 1. The molecule has 8 heteroatoms. The fraction of sp³-hybridized carbons (Fsp3) is 0.353. The van der Waals surface area contributed by atoms with Crippen LogP contribution in [0.25, 0.3) is 0 Å². The van der Waals surface area contributed by atoms with Crippen molar-refractivity contribution in [1.82, 2.24) is 4.57 Å². The molecule has 0 amide bonds. The fourth-order valence-corrected chi connectivity index (χ4v) is 3.52. The molecule has 2 aromatic rings. The van der Waals surface area contributed by atoms with Gasteiger partial charge in [-0.05, 0) is 30.0 Å². The summed E-state index contributed by atoms with van der Waals surface area (Å²) < 4.78 is 11.8. The van der Waals surface area contributed by atoms with E-state index in [4.69, 9.17) is 21.1 Å². The monoisotopic (exact) mass is 381 g/mol. The molecular weight excluding hydrogens is 366 g/mol. The first kappa shape index (κ1) is 17.7. The maximum atomic E-state index is 12.6. The third-order valence-corrected chi connectivity index (χ3v) is 4.86. The van der Waals surface area contributed by atoms with Crippen molar-refractivity contribution >= 4 is 40.7 Å². The van der Waals surface area contributed by atoms with Gasteiger partial charge in [-0.1, -0.05) is 11.6 Å². The Hall–Kier alpha value is -2.12. The van der Waals surface area contributed by atoms with E-state index in [0.717, 1.165) is 0 Å². The number of ether oxygens (including phenoxy) is 2. The molecule has 132 valence electrons. The lowest BCUT2D eigenvalue weighted by molar-refractivity contribution is -0.240. The Bertz CT molecular complexity index is 804. The molecule has 0 saturated carbocycles. The summed E-state index contributed by atoms with van der Waals surface area (Å²) in [4.78, 5) is 36.6. The summed E-state index contributed by atoms with van der Waals surface area (Å²) in [6, 6.07) is 4.97. The highest BCUT2D eigenvalue weighted by Crippen LogP contribution is 2.27. The lowest BCUT2D eigenvalue weighted by Gasteiger charge is -2.32. The number of carbonyl (C=O) groups is 3. The molecule has 6 nitrogen and oxygen atoms in total. The number of carbonyl (C=O) groups excluding carboxylic acids is 3. The summed E-state index contributed by atoms with van der Waals surface area (Å²) in [6.45, 7) is 3.21. The summed E-state index contributed by atoms with van der Waals surface area (Å²) >= 11 is 7.59. The maximum Gasteiger partial charge on any atom is 0.323 e. The van der Waals surface area contributed by atoms with E-state index in [0.29, 0.717) is 16.4 Å². The molecule has 0 bridgehead atoms. The van der Waals surface area contributed by atoms with Crippen molar-refractivity contribution in [2.75, 3.05) is 0 Å².